The predicted octanol–water partition coefficient (Wildman–Crippen LogP) is 1.10. The Bertz CT molecular complexity index is 468. The first-order chi connectivity index (χ1) is 9.01. The van der Waals surface area contributed by atoms with Crippen molar-refractivity contribution in [3.8, 4) is 5.75 Å². The number of ether oxygens (including phenoxy) is 1. The van der Waals surface area contributed by atoms with Crippen LogP contribution in [0, 0.1) is 0 Å². The SMILES string of the molecule is COc1cc(C(=O)NC2CN(C(C)C)C2)ccc1N. The van der Waals surface area contributed by atoms with Crippen molar-refractivity contribution in [3.05, 3.63) is 23.8 Å². The minimum atomic E-state index is -0.0771. The summed E-state index contributed by atoms with van der Waals surface area (Å²) in [7, 11) is 1.54. The molecule has 1 fully saturated rings. The van der Waals surface area contributed by atoms with Gasteiger partial charge in [-0.2, -0.15) is 0 Å². The van der Waals surface area contributed by atoms with Gasteiger partial charge >= 0.3 is 0 Å². The molecule has 5 heteroatoms. The van der Waals surface area contributed by atoms with E-state index in [0.717, 1.165) is 13.1 Å². The number of hydrogen-bond acceptors (Lipinski definition) is 4. The number of nitrogens with zero attached hydrogens (tertiary/aromatic N) is 1. The van der Waals surface area contributed by atoms with E-state index < -0.39 is 0 Å². The Kier molecular flexibility index (Phi) is 3.95. The van der Waals surface area contributed by atoms with Crippen molar-refractivity contribution in [1.29, 1.82) is 0 Å². The fourth-order valence-electron chi connectivity index (χ4n) is 2.15. The largest absolute Gasteiger partial charge is 0.495 e. The topological polar surface area (TPSA) is 67.6 Å². The van der Waals surface area contributed by atoms with Crippen LogP contribution >= 0.6 is 0 Å². The molecule has 1 heterocycles. The van der Waals surface area contributed by atoms with Crippen LogP contribution in [0.15, 0.2) is 18.2 Å². The number of carbonyl (C=O) groups excluding carboxylic acids is 1. The van der Waals surface area contributed by atoms with E-state index >= 15 is 0 Å². The van der Waals surface area contributed by atoms with E-state index in [9.17, 15) is 4.79 Å². The summed E-state index contributed by atoms with van der Waals surface area (Å²) in [6.45, 7) is 6.14. The molecule has 0 aromatic heterocycles. The maximum atomic E-state index is 12.1. The maximum absolute atomic E-state index is 12.1. The van der Waals surface area contributed by atoms with E-state index in [4.69, 9.17) is 10.5 Å². The molecule has 3 N–H and O–H groups in total. The van der Waals surface area contributed by atoms with Crippen molar-refractivity contribution in [2.45, 2.75) is 25.9 Å². The Morgan fingerprint density at radius 2 is 2.16 bits per heavy atom. The summed E-state index contributed by atoms with van der Waals surface area (Å²) in [6.07, 6.45) is 0. The van der Waals surface area contributed by atoms with E-state index in [2.05, 4.69) is 24.1 Å². The number of nitrogens with one attached hydrogen (secondary N) is 1. The zero-order valence-electron chi connectivity index (χ0n) is 11.6. The fourth-order valence-corrected chi connectivity index (χ4v) is 2.15. The second-order valence-corrected chi connectivity index (χ2v) is 5.17. The van der Waals surface area contributed by atoms with E-state index in [-0.39, 0.29) is 11.9 Å². The van der Waals surface area contributed by atoms with Gasteiger partial charge in [0.2, 0.25) is 0 Å². The quantitative estimate of drug-likeness (QED) is 0.798. The summed E-state index contributed by atoms with van der Waals surface area (Å²) < 4.78 is 5.12. The summed E-state index contributed by atoms with van der Waals surface area (Å²) in [5.41, 5.74) is 6.84. The molecule has 1 aliphatic heterocycles. The van der Waals surface area contributed by atoms with Gasteiger partial charge in [0, 0.05) is 24.7 Å². The molecule has 1 aromatic carbocycles. The number of methoxy groups -OCH3 is 1. The molecule has 0 unspecified atom stereocenters. The van der Waals surface area contributed by atoms with E-state index in [0.29, 0.717) is 23.0 Å². The lowest BCUT2D eigenvalue weighted by Gasteiger charge is -2.42. The molecule has 0 saturated carbocycles. The minimum Gasteiger partial charge on any atom is -0.495 e. The first kappa shape index (κ1) is 13.7. The number of hydrogen-bond donors (Lipinski definition) is 2. The molecule has 1 aliphatic rings. The first-order valence-corrected chi connectivity index (χ1v) is 6.49. The summed E-state index contributed by atoms with van der Waals surface area (Å²) >= 11 is 0. The second kappa shape index (κ2) is 5.48. The highest BCUT2D eigenvalue weighted by molar-refractivity contribution is 5.95. The molecule has 1 aromatic rings. The number of benzene rings is 1. The van der Waals surface area contributed by atoms with Crippen LogP contribution in [0.1, 0.15) is 24.2 Å². The van der Waals surface area contributed by atoms with Gasteiger partial charge in [0.05, 0.1) is 18.8 Å². The fraction of sp³-hybridized carbons (Fsp3) is 0.500. The number of likely N-dealkylation sites (tertiary alicyclic amines) is 1. The van der Waals surface area contributed by atoms with Gasteiger partial charge in [0.1, 0.15) is 5.75 Å². The molecule has 0 bridgehead atoms. The van der Waals surface area contributed by atoms with Crippen molar-refractivity contribution in [1.82, 2.24) is 10.2 Å². The number of rotatable bonds is 4. The first-order valence-electron chi connectivity index (χ1n) is 6.49. The van der Waals surface area contributed by atoms with Gasteiger partial charge in [0.15, 0.2) is 0 Å². The Hall–Kier alpha value is -1.75. The van der Waals surface area contributed by atoms with Crippen LogP contribution in [0.2, 0.25) is 0 Å². The molecule has 5 nitrogen and oxygen atoms in total. The van der Waals surface area contributed by atoms with Gasteiger partial charge < -0.3 is 15.8 Å². The van der Waals surface area contributed by atoms with Crippen LogP contribution in [0.4, 0.5) is 5.69 Å². The summed E-state index contributed by atoms with van der Waals surface area (Å²) in [5.74, 6) is 0.455. The van der Waals surface area contributed by atoms with Crippen LogP contribution in [0.5, 0.6) is 5.75 Å². The van der Waals surface area contributed by atoms with Gasteiger partial charge in [-0.15, -0.1) is 0 Å². The third-order valence-corrected chi connectivity index (χ3v) is 3.47. The third kappa shape index (κ3) is 2.98. The zero-order valence-corrected chi connectivity index (χ0v) is 11.6. The maximum Gasteiger partial charge on any atom is 0.251 e. The van der Waals surface area contributed by atoms with Crippen molar-refractivity contribution in [3.63, 3.8) is 0 Å². The standard InChI is InChI=1S/C14H21N3O2/c1-9(2)17-7-11(8-17)16-14(18)10-4-5-12(15)13(6-10)19-3/h4-6,9,11H,7-8,15H2,1-3H3,(H,16,18). The van der Waals surface area contributed by atoms with Crippen LogP contribution in [-0.2, 0) is 0 Å². The van der Waals surface area contributed by atoms with Gasteiger partial charge in [-0.3, -0.25) is 9.69 Å². The Morgan fingerprint density at radius 1 is 1.47 bits per heavy atom. The van der Waals surface area contributed by atoms with Crippen LogP contribution in [-0.4, -0.2) is 43.1 Å². The Labute approximate surface area is 113 Å². The van der Waals surface area contributed by atoms with Crippen molar-refractivity contribution in [2.75, 3.05) is 25.9 Å². The summed E-state index contributed by atoms with van der Waals surface area (Å²) in [4.78, 5) is 14.4. The second-order valence-electron chi connectivity index (χ2n) is 5.17. The normalized spacial score (nSPS) is 16.2. The zero-order chi connectivity index (χ0) is 14.0. The third-order valence-electron chi connectivity index (χ3n) is 3.47. The van der Waals surface area contributed by atoms with Crippen molar-refractivity contribution >= 4 is 11.6 Å². The number of nitrogen functional groups attached to an aromatic ring is 1. The number of amides is 1. The van der Waals surface area contributed by atoms with E-state index in [1.165, 1.54) is 0 Å². The predicted molar refractivity (Wildman–Crippen MR) is 75.4 cm³/mol. The average molecular weight is 263 g/mol. The Balaban J connectivity index is 1.94. The van der Waals surface area contributed by atoms with Gasteiger partial charge in [-0.25, -0.2) is 0 Å². The number of nitrogens with two attached hydrogens (primary N) is 1. The molecule has 1 saturated heterocycles. The number of carbonyl (C=O) groups is 1. The van der Waals surface area contributed by atoms with Gasteiger partial charge in [-0.05, 0) is 32.0 Å². The average Bonchev–Trinajstić information content (AvgIpc) is 2.33. The van der Waals surface area contributed by atoms with E-state index in [1.807, 2.05) is 0 Å². The smallest absolute Gasteiger partial charge is 0.251 e. The molecule has 104 valence electrons. The van der Waals surface area contributed by atoms with Crippen LogP contribution in [0.3, 0.4) is 0 Å². The molecule has 0 spiro atoms. The molecular formula is C14H21N3O2. The lowest BCUT2D eigenvalue weighted by Crippen LogP contribution is -2.61. The summed E-state index contributed by atoms with van der Waals surface area (Å²) in [5, 5.41) is 3.01. The molecule has 2 rings (SSSR count). The van der Waals surface area contributed by atoms with Crippen molar-refractivity contribution in [2.24, 2.45) is 0 Å². The molecule has 0 radical (unpaired) electrons. The monoisotopic (exact) mass is 263 g/mol. The highest BCUT2D eigenvalue weighted by Gasteiger charge is 2.29. The van der Waals surface area contributed by atoms with Gasteiger partial charge in [0.25, 0.3) is 5.91 Å². The molecule has 0 atom stereocenters. The van der Waals surface area contributed by atoms with E-state index in [1.54, 1.807) is 25.3 Å². The lowest BCUT2D eigenvalue weighted by atomic mass is 10.1. The number of anilines is 1. The van der Waals surface area contributed by atoms with Crippen LogP contribution < -0.4 is 15.8 Å². The van der Waals surface area contributed by atoms with Crippen molar-refractivity contribution < 1.29 is 9.53 Å². The lowest BCUT2D eigenvalue weighted by molar-refractivity contribution is 0.0713. The molecule has 0 aliphatic carbocycles. The molecule has 19 heavy (non-hydrogen) atoms. The highest BCUT2D eigenvalue weighted by atomic mass is 16.5. The molecule has 1 amide bonds. The van der Waals surface area contributed by atoms with Crippen LogP contribution in [0.25, 0.3) is 0 Å². The molecular weight excluding hydrogens is 242 g/mol. The minimum absolute atomic E-state index is 0.0771. The Morgan fingerprint density at radius 3 is 2.74 bits per heavy atom. The van der Waals surface area contributed by atoms with Gasteiger partial charge in [-0.1, -0.05) is 0 Å². The summed E-state index contributed by atoms with van der Waals surface area (Å²) in [6, 6.07) is 5.84. The highest BCUT2D eigenvalue weighted by Crippen LogP contribution is 2.22.